The highest BCUT2D eigenvalue weighted by Crippen LogP contribution is 2.60. The van der Waals surface area contributed by atoms with Crippen LogP contribution in [0.1, 0.15) is 6.42 Å². The van der Waals surface area contributed by atoms with E-state index in [4.69, 9.17) is 0 Å². The molecule has 0 radical (unpaired) electrons. The fraction of sp³-hybridized carbons (Fsp3) is 1.00. The van der Waals surface area contributed by atoms with E-state index in [-0.39, 0.29) is 6.26 Å². The number of hydrogen-bond donors (Lipinski definition) is 0. The van der Waals surface area contributed by atoms with Gasteiger partial charge in [0.1, 0.15) is 0 Å². The van der Waals surface area contributed by atoms with E-state index in [1.54, 1.807) is 0 Å². The SMILES string of the molecule is CS(=O)(=O)OCCC(F)(F)C(F)(F)C(F)(F)C(F)(F)C(F)(F)C(F)(F)F. The highest BCUT2D eigenvalue weighted by Gasteiger charge is 2.90. The molecule has 0 fully saturated rings. The van der Waals surface area contributed by atoms with E-state index in [2.05, 4.69) is 4.18 Å². The van der Waals surface area contributed by atoms with Gasteiger partial charge in [-0.05, 0) is 0 Å². The van der Waals surface area contributed by atoms with Crippen molar-refractivity contribution < 1.29 is 69.7 Å². The minimum Gasteiger partial charge on any atom is -0.270 e. The summed E-state index contributed by atoms with van der Waals surface area (Å²) in [6.07, 6.45) is -10.0. The van der Waals surface area contributed by atoms with Gasteiger partial charge in [-0.3, -0.25) is 4.18 Å². The van der Waals surface area contributed by atoms with E-state index >= 15 is 0 Å². The zero-order valence-electron chi connectivity index (χ0n) is 12.0. The zero-order chi connectivity index (χ0) is 21.6. The first-order valence-corrected chi connectivity index (χ1v) is 7.57. The van der Waals surface area contributed by atoms with Crippen molar-refractivity contribution in [2.75, 3.05) is 12.9 Å². The Morgan fingerprint density at radius 2 is 1.00 bits per heavy atom. The second-order valence-corrected chi connectivity index (χ2v) is 6.42. The second-order valence-electron chi connectivity index (χ2n) is 4.78. The summed E-state index contributed by atoms with van der Waals surface area (Å²) in [6.45, 7) is -1.99. The molecule has 0 unspecified atom stereocenters. The van der Waals surface area contributed by atoms with E-state index in [0.29, 0.717) is 0 Å². The van der Waals surface area contributed by atoms with Crippen molar-refractivity contribution >= 4 is 10.1 Å². The summed E-state index contributed by atoms with van der Waals surface area (Å²) < 4.78 is 189. The lowest BCUT2D eigenvalue weighted by Crippen LogP contribution is -2.70. The monoisotopic (exact) mass is 442 g/mol. The molecule has 0 rings (SSSR count). The normalized spacial score (nSPS) is 16.1. The molecule has 158 valence electrons. The number of alkyl halides is 13. The predicted octanol–water partition coefficient (Wildman–Crippen LogP) is 4.09. The minimum atomic E-state index is -7.98. The van der Waals surface area contributed by atoms with Crippen molar-refractivity contribution in [2.45, 2.75) is 42.2 Å². The fourth-order valence-electron chi connectivity index (χ4n) is 1.28. The van der Waals surface area contributed by atoms with E-state index in [0.717, 1.165) is 0 Å². The van der Waals surface area contributed by atoms with Crippen LogP contribution in [0.4, 0.5) is 57.1 Å². The van der Waals surface area contributed by atoms with Gasteiger partial charge in [0.25, 0.3) is 10.1 Å². The summed E-state index contributed by atoms with van der Waals surface area (Å²) >= 11 is 0. The average Bonchev–Trinajstić information content (AvgIpc) is 2.34. The summed E-state index contributed by atoms with van der Waals surface area (Å²) in [6, 6.07) is 0. The Labute approximate surface area is 136 Å². The lowest BCUT2D eigenvalue weighted by Gasteiger charge is -2.39. The predicted molar refractivity (Wildman–Crippen MR) is 56.2 cm³/mol. The first kappa shape index (κ1) is 25.0. The molecule has 0 aliphatic carbocycles. The van der Waals surface area contributed by atoms with Crippen molar-refractivity contribution in [3.8, 4) is 0 Å². The van der Waals surface area contributed by atoms with Gasteiger partial charge in [-0.2, -0.15) is 65.5 Å². The van der Waals surface area contributed by atoms with Gasteiger partial charge in [0.05, 0.1) is 12.9 Å². The Morgan fingerprint density at radius 3 is 1.31 bits per heavy atom. The lowest BCUT2D eigenvalue weighted by atomic mass is 9.93. The second kappa shape index (κ2) is 6.56. The topological polar surface area (TPSA) is 43.4 Å². The molecule has 26 heavy (non-hydrogen) atoms. The van der Waals surface area contributed by atoms with Crippen molar-refractivity contribution in [3.63, 3.8) is 0 Å². The quantitative estimate of drug-likeness (QED) is 0.420. The number of halogens is 13. The maximum absolute atomic E-state index is 13.1. The number of hydrogen-bond acceptors (Lipinski definition) is 3. The molecular weight excluding hydrogens is 435 g/mol. The van der Waals surface area contributed by atoms with Crippen LogP contribution in [-0.2, 0) is 14.3 Å². The third-order valence-electron chi connectivity index (χ3n) is 2.71. The maximum Gasteiger partial charge on any atom is 0.460 e. The molecule has 17 heteroatoms. The van der Waals surface area contributed by atoms with Crippen LogP contribution in [0.3, 0.4) is 0 Å². The first-order chi connectivity index (χ1) is 11.0. The average molecular weight is 442 g/mol. The van der Waals surface area contributed by atoms with Crippen LogP contribution in [0.15, 0.2) is 0 Å². The molecule has 0 aromatic carbocycles. The standard InChI is InChI=1S/C9H7F13O3S/c1-26(23,24)25-3-2-4(10,11)5(12,13)6(14,15)7(16,17)8(18,19)9(20,21)22/h2-3H2,1H3. The number of rotatable bonds is 8. The highest BCUT2D eigenvalue weighted by molar-refractivity contribution is 7.85. The summed E-state index contributed by atoms with van der Waals surface area (Å²) in [5.41, 5.74) is 0. The van der Waals surface area contributed by atoms with Crippen molar-refractivity contribution in [2.24, 2.45) is 0 Å². The van der Waals surface area contributed by atoms with Crippen molar-refractivity contribution in [1.82, 2.24) is 0 Å². The van der Waals surface area contributed by atoms with E-state index in [1.807, 2.05) is 0 Å². The Hall–Kier alpha value is -1.00. The fourth-order valence-corrected chi connectivity index (χ4v) is 1.67. The van der Waals surface area contributed by atoms with E-state index < -0.39 is 58.9 Å². The molecule has 0 atom stereocenters. The summed E-state index contributed by atoms with van der Waals surface area (Å²) in [5, 5.41) is 0. The lowest BCUT2D eigenvalue weighted by molar-refractivity contribution is -0.440. The van der Waals surface area contributed by atoms with Gasteiger partial charge in [-0.15, -0.1) is 0 Å². The smallest absolute Gasteiger partial charge is 0.270 e. The Balaban J connectivity index is 5.92. The summed E-state index contributed by atoms with van der Waals surface area (Å²) in [7, 11) is -4.58. The molecule has 0 aromatic heterocycles. The molecule has 0 aliphatic rings. The third-order valence-corrected chi connectivity index (χ3v) is 3.31. The molecule has 0 bridgehead atoms. The van der Waals surface area contributed by atoms with Gasteiger partial charge < -0.3 is 0 Å². The molecule has 0 N–H and O–H groups in total. The molecule has 0 spiro atoms. The largest absolute Gasteiger partial charge is 0.460 e. The van der Waals surface area contributed by atoms with Gasteiger partial charge in [0.15, 0.2) is 0 Å². The van der Waals surface area contributed by atoms with Crippen LogP contribution in [-0.4, -0.2) is 57.1 Å². The van der Waals surface area contributed by atoms with Gasteiger partial charge in [-0.25, -0.2) is 0 Å². The van der Waals surface area contributed by atoms with Crippen LogP contribution >= 0.6 is 0 Å². The van der Waals surface area contributed by atoms with E-state index in [9.17, 15) is 65.5 Å². The summed E-state index contributed by atoms with van der Waals surface area (Å²) in [5.74, 6) is -37.5. The molecule has 0 amide bonds. The molecule has 0 saturated heterocycles. The molecule has 0 heterocycles. The first-order valence-electron chi connectivity index (χ1n) is 5.76. The van der Waals surface area contributed by atoms with Crippen LogP contribution in [0.5, 0.6) is 0 Å². The Morgan fingerprint density at radius 1 is 0.654 bits per heavy atom. The molecule has 3 nitrogen and oxygen atoms in total. The van der Waals surface area contributed by atoms with Crippen molar-refractivity contribution in [1.29, 1.82) is 0 Å². The maximum atomic E-state index is 13.1. The van der Waals surface area contributed by atoms with Crippen LogP contribution in [0.25, 0.3) is 0 Å². The van der Waals surface area contributed by atoms with Crippen LogP contribution in [0, 0.1) is 0 Å². The van der Waals surface area contributed by atoms with Gasteiger partial charge in [0, 0.05) is 6.42 Å². The molecule has 0 aliphatic heterocycles. The molecule has 0 saturated carbocycles. The Kier molecular flexibility index (Phi) is 6.31. The van der Waals surface area contributed by atoms with Gasteiger partial charge in [-0.1, -0.05) is 0 Å². The van der Waals surface area contributed by atoms with Gasteiger partial charge in [0.2, 0.25) is 0 Å². The van der Waals surface area contributed by atoms with Crippen molar-refractivity contribution in [3.05, 3.63) is 0 Å². The zero-order valence-corrected chi connectivity index (χ0v) is 12.8. The van der Waals surface area contributed by atoms with E-state index in [1.165, 1.54) is 0 Å². The third kappa shape index (κ3) is 4.12. The minimum absolute atomic E-state index is 0.190. The van der Waals surface area contributed by atoms with Crippen LogP contribution < -0.4 is 0 Å². The van der Waals surface area contributed by atoms with Crippen LogP contribution in [0.2, 0.25) is 0 Å². The molecule has 0 aromatic rings. The summed E-state index contributed by atoms with van der Waals surface area (Å²) in [4.78, 5) is 0. The van der Waals surface area contributed by atoms with Gasteiger partial charge >= 0.3 is 35.8 Å². The Bertz CT molecular complexity index is 607. The molecular formula is C9H7F13O3S. The highest BCUT2D eigenvalue weighted by atomic mass is 32.2.